The molecule has 0 saturated heterocycles. The van der Waals surface area contributed by atoms with Gasteiger partial charge in [0, 0.05) is 6.04 Å². The molecule has 3 rings (SSSR count). The van der Waals surface area contributed by atoms with Crippen LogP contribution in [0, 0.1) is 11.8 Å². The van der Waals surface area contributed by atoms with Crippen molar-refractivity contribution in [1.82, 2.24) is 0 Å². The van der Waals surface area contributed by atoms with Gasteiger partial charge in [-0.25, -0.2) is 0 Å². The molecule has 0 radical (unpaired) electrons. The number of hydrogen-bond acceptors (Lipinski definition) is 2. The van der Waals surface area contributed by atoms with Gasteiger partial charge in [-0.2, -0.15) is 0 Å². The van der Waals surface area contributed by atoms with Crippen LogP contribution >= 0.6 is 0 Å². The van der Waals surface area contributed by atoms with Crippen molar-refractivity contribution in [3.63, 3.8) is 0 Å². The molecule has 3 N–H and O–H groups in total. The summed E-state index contributed by atoms with van der Waals surface area (Å²) < 4.78 is 0. The van der Waals surface area contributed by atoms with E-state index in [0.717, 1.165) is 17.5 Å². The van der Waals surface area contributed by atoms with E-state index in [1.54, 1.807) is 0 Å². The van der Waals surface area contributed by atoms with Gasteiger partial charge in [-0.3, -0.25) is 0 Å². The molecule has 104 valence electrons. The Hall–Kier alpha value is -0.860. The van der Waals surface area contributed by atoms with Crippen LogP contribution in [-0.2, 0) is 5.60 Å². The van der Waals surface area contributed by atoms with E-state index < -0.39 is 5.60 Å². The molecule has 0 heterocycles. The third-order valence-corrected chi connectivity index (χ3v) is 5.40. The van der Waals surface area contributed by atoms with Gasteiger partial charge in [0.1, 0.15) is 0 Å². The first-order valence-corrected chi connectivity index (χ1v) is 7.74. The average molecular weight is 259 g/mol. The van der Waals surface area contributed by atoms with Gasteiger partial charge in [-0.05, 0) is 35.8 Å². The number of nitrogens with two attached hydrogens (primary N) is 1. The average Bonchev–Trinajstić information content (AvgIpc) is 2.72. The molecule has 0 bridgehead atoms. The standard InChI is InChI=1S/C17H25NO/c1-2-12-7-3-5-9-14(12)17(19)11-16(18)13-8-4-6-10-15(13)17/h4,6,8,10,12,14,16,19H,2-3,5,7,9,11,18H2,1H3. The van der Waals surface area contributed by atoms with E-state index in [0.29, 0.717) is 18.3 Å². The quantitative estimate of drug-likeness (QED) is 0.854. The van der Waals surface area contributed by atoms with E-state index in [1.807, 2.05) is 12.1 Å². The fraction of sp³-hybridized carbons (Fsp3) is 0.647. The molecule has 0 aliphatic heterocycles. The molecule has 19 heavy (non-hydrogen) atoms. The Labute approximate surface area is 116 Å². The van der Waals surface area contributed by atoms with Crippen LogP contribution < -0.4 is 5.73 Å². The first-order valence-electron chi connectivity index (χ1n) is 7.74. The SMILES string of the molecule is CCC1CCCCC1C1(O)CC(N)c2ccccc21. The summed E-state index contributed by atoms with van der Waals surface area (Å²) in [5.41, 5.74) is 7.83. The van der Waals surface area contributed by atoms with Crippen LogP contribution in [0.5, 0.6) is 0 Å². The Morgan fingerprint density at radius 3 is 2.79 bits per heavy atom. The summed E-state index contributed by atoms with van der Waals surface area (Å²) in [6.45, 7) is 2.26. The van der Waals surface area contributed by atoms with Crippen molar-refractivity contribution in [3.05, 3.63) is 35.4 Å². The molecule has 4 atom stereocenters. The lowest BCUT2D eigenvalue weighted by Gasteiger charge is -2.41. The van der Waals surface area contributed by atoms with Gasteiger partial charge in [0.05, 0.1) is 5.60 Å². The Bertz CT molecular complexity index is 458. The van der Waals surface area contributed by atoms with Gasteiger partial charge in [0.25, 0.3) is 0 Å². The fourth-order valence-corrected chi connectivity index (χ4v) is 4.45. The molecule has 2 aliphatic rings. The molecule has 0 amide bonds. The molecule has 2 heteroatoms. The predicted octanol–water partition coefficient (Wildman–Crippen LogP) is 3.49. The largest absolute Gasteiger partial charge is 0.385 e. The van der Waals surface area contributed by atoms with Crippen molar-refractivity contribution in [2.75, 3.05) is 0 Å². The second-order valence-corrected chi connectivity index (χ2v) is 6.38. The highest BCUT2D eigenvalue weighted by molar-refractivity contribution is 5.40. The fourth-order valence-electron chi connectivity index (χ4n) is 4.45. The zero-order valence-electron chi connectivity index (χ0n) is 11.8. The van der Waals surface area contributed by atoms with Gasteiger partial charge >= 0.3 is 0 Å². The lowest BCUT2D eigenvalue weighted by Crippen LogP contribution is -2.39. The molecule has 2 aliphatic carbocycles. The molecular formula is C17H25NO. The zero-order valence-corrected chi connectivity index (χ0v) is 11.8. The summed E-state index contributed by atoms with van der Waals surface area (Å²) >= 11 is 0. The Morgan fingerprint density at radius 2 is 2.00 bits per heavy atom. The number of hydrogen-bond donors (Lipinski definition) is 2. The third-order valence-electron chi connectivity index (χ3n) is 5.40. The van der Waals surface area contributed by atoms with E-state index in [1.165, 1.54) is 25.7 Å². The van der Waals surface area contributed by atoms with E-state index >= 15 is 0 Å². The highest BCUT2D eigenvalue weighted by Crippen LogP contribution is 2.52. The van der Waals surface area contributed by atoms with Gasteiger partial charge in [-0.15, -0.1) is 0 Å². The second-order valence-electron chi connectivity index (χ2n) is 6.38. The van der Waals surface area contributed by atoms with E-state index in [2.05, 4.69) is 19.1 Å². The molecule has 0 spiro atoms. The minimum atomic E-state index is -0.683. The number of aliphatic hydroxyl groups is 1. The molecule has 1 fully saturated rings. The normalized spacial score (nSPS) is 38.2. The van der Waals surface area contributed by atoms with Gasteiger partial charge in [-0.1, -0.05) is 56.9 Å². The summed E-state index contributed by atoms with van der Waals surface area (Å²) in [5, 5.41) is 11.4. The second kappa shape index (κ2) is 4.92. The van der Waals surface area contributed by atoms with Crippen LogP contribution in [0.1, 0.15) is 62.6 Å². The Morgan fingerprint density at radius 1 is 1.26 bits per heavy atom. The van der Waals surface area contributed by atoms with Crippen molar-refractivity contribution < 1.29 is 5.11 Å². The monoisotopic (exact) mass is 259 g/mol. The van der Waals surface area contributed by atoms with Crippen LogP contribution in [0.25, 0.3) is 0 Å². The van der Waals surface area contributed by atoms with Crippen LogP contribution in [0.2, 0.25) is 0 Å². The van der Waals surface area contributed by atoms with E-state index in [4.69, 9.17) is 5.73 Å². The van der Waals surface area contributed by atoms with E-state index in [-0.39, 0.29) is 6.04 Å². The molecular weight excluding hydrogens is 234 g/mol. The summed E-state index contributed by atoms with van der Waals surface area (Å²) in [6.07, 6.45) is 6.86. The first-order chi connectivity index (χ1) is 9.16. The minimum Gasteiger partial charge on any atom is -0.385 e. The molecule has 4 unspecified atom stereocenters. The molecule has 1 saturated carbocycles. The van der Waals surface area contributed by atoms with Crippen molar-refractivity contribution in [2.45, 2.75) is 57.1 Å². The number of benzene rings is 1. The highest BCUT2D eigenvalue weighted by atomic mass is 16.3. The van der Waals surface area contributed by atoms with Gasteiger partial charge < -0.3 is 10.8 Å². The van der Waals surface area contributed by atoms with Gasteiger partial charge in [0.15, 0.2) is 0 Å². The molecule has 0 aromatic heterocycles. The van der Waals surface area contributed by atoms with E-state index in [9.17, 15) is 5.11 Å². The summed E-state index contributed by atoms with van der Waals surface area (Å²) in [6, 6.07) is 8.24. The topological polar surface area (TPSA) is 46.2 Å². The predicted molar refractivity (Wildman–Crippen MR) is 77.6 cm³/mol. The van der Waals surface area contributed by atoms with Crippen molar-refractivity contribution >= 4 is 0 Å². The van der Waals surface area contributed by atoms with Crippen LogP contribution in [0.4, 0.5) is 0 Å². The zero-order chi connectivity index (χ0) is 13.5. The third kappa shape index (κ3) is 2.02. The maximum Gasteiger partial charge on any atom is 0.0948 e. The molecule has 2 nitrogen and oxygen atoms in total. The Balaban J connectivity index is 1.99. The summed E-state index contributed by atoms with van der Waals surface area (Å²) in [5.74, 6) is 1.04. The van der Waals surface area contributed by atoms with Crippen LogP contribution in [-0.4, -0.2) is 5.11 Å². The lowest BCUT2D eigenvalue weighted by molar-refractivity contribution is -0.0656. The van der Waals surface area contributed by atoms with Crippen LogP contribution in [0.3, 0.4) is 0 Å². The van der Waals surface area contributed by atoms with Crippen molar-refractivity contribution in [2.24, 2.45) is 17.6 Å². The maximum absolute atomic E-state index is 11.4. The molecule has 1 aromatic carbocycles. The summed E-state index contributed by atoms with van der Waals surface area (Å²) in [7, 11) is 0. The number of rotatable bonds is 2. The lowest BCUT2D eigenvalue weighted by atomic mass is 9.67. The summed E-state index contributed by atoms with van der Waals surface area (Å²) in [4.78, 5) is 0. The van der Waals surface area contributed by atoms with Gasteiger partial charge in [0.2, 0.25) is 0 Å². The molecule has 1 aromatic rings. The first kappa shape index (κ1) is 13.1. The number of fused-ring (bicyclic) bond motifs is 1. The minimum absolute atomic E-state index is 0.000586. The Kier molecular flexibility index (Phi) is 3.40. The van der Waals surface area contributed by atoms with Crippen LogP contribution in [0.15, 0.2) is 24.3 Å². The smallest absolute Gasteiger partial charge is 0.0948 e. The van der Waals surface area contributed by atoms with Crippen molar-refractivity contribution in [1.29, 1.82) is 0 Å². The highest BCUT2D eigenvalue weighted by Gasteiger charge is 2.49. The van der Waals surface area contributed by atoms with Crippen molar-refractivity contribution in [3.8, 4) is 0 Å². The maximum atomic E-state index is 11.4.